The predicted octanol–water partition coefficient (Wildman–Crippen LogP) is 3.80. The van der Waals surface area contributed by atoms with E-state index in [0.717, 1.165) is 6.42 Å². The van der Waals surface area contributed by atoms with Crippen LogP contribution in [-0.4, -0.2) is 44.8 Å². The van der Waals surface area contributed by atoms with Crippen molar-refractivity contribution in [2.24, 2.45) is 0 Å². The fourth-order valence-corrected chi connectivity index (χ4v) is 5.38. The zero-order valence-electron chi connectivity index (χ0n) is 17.9. The van der Waals surface area contributed by atoms with Gasteiger partial charge in [-0.2, -0.15) is 0 Å². The van der Waals surface area contributed by atoms with Gasteiger partial charge in [0.2, 0.25) is 5.91 Å². The van der Waals surface area contributed by atoms with Crippen molar-refractivity contribution >= 4 is 44.5 Å². The number of hydrogen-bond acceptors (Lipinski definition) is 6. The molecule has 1 aliphatic rings. The third-order valence-electron chi connectivity index (χ3n) is 5.32. The Morgan fingerprint density at radius 2 is 1.73 bits per heavy atom. The van der Waals surface area contributed by atoms with E-state index in [0.29, 0.717) is 35.0 Å². The van der Waals surface area contributed by atoms with Crippen LogP contribution in [0.5, 0.6) is 5.75 Å². The molecule has 172 valence electrons. The lowest BCUT2D eigenvalue weighted by Crippen LogP contribution is -2.42. The lowest BCUT2D eigenvalue weighted by molar-refractivity contribution is -0.119. The Labute approximate surface area is 196 Å². The zero-order valence-corrected chi connectivity index (χ0v) is 19.5. The van der Waals surface area contributed by atoms with E-state index in [-0.39, 0.29) is 16.7 Å². The van der Waals surface area contributed by atoms with Crippen molar-refractivity contribution in [3.63, 3.8) is 0 Å². The highest BCUT2D eigenvalue weighted by molar-refractivity contribution is 7.92. The fraction of sp³-hybridized carbons (Fsp3) is 0.217. The first-order valence-electron chi connectivity index (χ1n) is 10.3. The molecule has 10 heteroatoms. The Bertz CT molecular complexity index is 1220. The van der Waals surface area contributed by atoms with E-state index in [1.165, 1.54) is 42.7 Å². The molecule has 2 aromatic carbocycles. The summed E-state index contributed by atoms with van der Waals surface area (Å²) in [7, 11) is -2.26. The van der Waals surface area contributed by atoms with Gasteiger partial charge in [0.15, 0.2) is 0 Å². The zero-order chi connectivity index (χ0) is 23.4. The number of nitrogens with zero attached hydrogens (tertiary/aromatic N) is 1. The second-order valence-corrected chi connectivity index (χ2v) is 10.1. The van der Waals surface area contributed by atoms with E-state index in [4.69, 9.17) is 4.74 Å². The number of ether oxygens (including phenoxy) is 1. The quantitative estimate of drug-likeness (QED) is 0.530. The molecule has 0 spiro atoms. The van der Waals surface area contributed by atoms with Crippen LogP contribution >= 0.6 is 11.3 Å². The van der Waals surface area contributed by atoms with Crippen LogP contribution < -0.4 is 14.8 Å². The molecule has 33 heavy (non-hydrogen) atoms. The first-order valence-corrected chi connectivity index (χ1v) is 12.7. The van der Waals surface area contributed by atoms with Gasteiger partial charge in [-0.15, -0.1) is 11.3 Å². The van der Waals surface area contributed by atoms with Gasteiger partial charge in [0.1, 0.15) is 11.8 Å². The first-order chi connectivity index (χ1) is 15.9. The topological polar surface area (TPSA) is 105 Å². The van der Waals surface area contributed by atoms with Crippen molar-refractivity contribution in [3.05, 3.63) is 70.9 Å². The van der Waals surface area contributed by atoms with Gasteiger partial charge in [0.25, 0.3) is 15.9 Å². The molecule has 1 aliphatic heterocycles. The largest absolute Gasteiger partial charge is 0.497 e. The Hall–Kier alpha value is -3.37. The van der Waals surface area contributed by atoms with E-state index in [2.05, 4.69) is 10.0 Å². The summed E-state index contributed by atoms with van der Waals surface area (Å²) in [6, 6.07) is 15.4. The van der Waals surface area contributed by atoms with E-state index in [1.54, 1.807) is 35.2 Å². The average Bonchev–Trinajstić information content (AvgIpc) is 3.52. The minimum absolute atomic E-state index is 0.0617. The number of benzene rings is 2. The number of rotatable bonds is 7. The number of anilines is 2. The molecule has 4 rings (SSSR count). The molecule has 1 atom stereocenters. The second kappa shape index (κ2) is 9.63. The third kappa shape index (κ3) is 5.18. The van der Waals surface area contributed by atoms with Gasteiger partial charge in [-0.1, -0.05) is 6.07 Å². The normalized spacial score (nSPS) is 15.8. The van der Waals surface area contributed by atoms with Crippen LogP contribution in [0.4, 0.5) is 11.4 Å². The van der Waals surface area contributed by atoms with Crippen molar-refractivity contribution in [1.82, 2.24) is 4.90 Å². The second-order valence-electron chi connectivity index (χ2n) is 7.48. The van der Waals surface area contributed by atoms with Crippen LogP contribution in [0.1, 0.15) is 22.5 Å². The number of carbonyl (C=O) groups is 2. The Morgan fingerprint density at radius 3 is 2.36 bits per heavy atom. The number of hydrogen-bond donors (Lipinski definition) is 2. The molecule has 0 radical (unpaired) electrons. The van der Waals surface area contributed by atoms with Gasteiger partial charge in [0.05, 0.1) is 16.9 Å². The predicted molar refractivity (Wildman–Crippen MR) is 127 cm³/mol. The maximum Gasteiger partial charge on any atom is 0.264 e. The number of nitrogens with one attached hydrogen (secondary N) is 2. The van der Waals surface area contributed by atoms with Crippen LogP contribution in [0.3, 0.4) is 0 Å². The van der Waals surface area contributed by atoms with Crippen LogP contribution in [0, 0.1) is 0 Å². The van der Waals surface area contributed by atoms with Crippen LogP contribution in [0.15, 0.2) is 70.9 Å². The molecule has 0 bridgehead atoms. The maximum atomic E-state index is 12.8. The van der Waals surface area contributed by atoms with Crippen LogP contribution in [-0.2, 0) is 14.8 Å². The first kappa shape index (κ1) is 22.8. The highest BCUT2D eigenvalue weighted by Crippen LogP contribution is 2.24. The van der Waals surface area contributed by atoms with E-state index < -0.39 is 16.1 Å². The van der Waals surface area contributed by atoms with E-state index >= 15 is 0 Å². The molecule has 2 N–H and O–H groups in total. The summed E-state index contributed by atoms with van der Waals surface area (Å²) < 4.78 is 32.9. The Balaban J connectivity index is 1.41. The van der Waals surface area contributed by atoms with Gasteiger partial charge in [-0.3, -0.25) is 14.3 Å². The van der Waals surface area contributed by atoms with Crippen molar-refractivity contribution in [1.29, 1.82) is 0 Å². The number of thiophene rings is 1. The minimum Gasteiger partial charge on any atom is -0.497 e. The molecule has 1 saturated heterocycles. The number of carbonyl (C=O) groups excluding carboxylic acids is 2. The summed E-state index contributed by atoms with van der Waals surface area (Å²) in [5.74, 6) is 0.189. The molecule has 0 unspecified atom stereocenters. The van der Waals surface area contributed by atoms with Gasteiger partial charge in [-0.05, 0) is 72.8 Å². The highest BCUT2D eigenvalue weighted by Gasteiger charge is 2.35. The Kier molecular flexibility index (Phi) is 6.66. The third-order valence-corrected chi connectivity index (χ3v) is 7.58. The van der Waals surface area contributed by atoms with Gasteiger partial charge in [0, 0.05) is 17.9 Å². The monoisotopic (exact) mass is 485 g/mol. The van der Waals surface area contributed by atoms with Crippen LogP contribution in [0.2, 0.25) is 0 Å². The highest BCUT2D eigenvalue weighted by atomic mass is 32.2. The average molecular weight is 486 g/mol. The smallest absolute Gasteiger partial charge is 0.264 e. The lowest BCUT2D eigenvalue weighted by Gasteiger charge is -2.23. The molecule has 2 heterocycles. The maximum absolute atomic E-state index is 12.8. The summed E-state index contributed by atoms with van der Waals surface area (Å²) in [5.41, 5.74) is 0.865. The van der Waals surface area contributed by atoms with Crippen molar-refractivity contribution < 1.29 is 22.7 Å². The van der Waals surface area contributed by atoms with Gasteiger partial charge < -0.3 is 15.0 Å². The molecule has 0 aliphatic carbocycles. The van der Waals surface area contributed by atoms with E-state index in [1.807, 2.05) is 11.4 Å². The molecule has 2 amide bonds. The summed E-state index contributed by atoms with van der Waals surface area (Å²) in [6.07, 6.45) is 1.34. The number of likely N-dealkylation sites (tertiary alicyclic amines) is 1. The summed E-state index contributed by atoms with van der Waals surface area (Å²) in [4.78, 5) is 27.8. The van der Waals surface area contributed by atoms with Gasteiger partial charge >= 0.3 is 0 Å². The van der Waals surface area contributed by atoms with Crippen molar-refractivity contribution in [2.75, 3.05) is 23.7 Å². The number of methoxy groups -OCH3 is 1. The number of sulfonamides is 1. The van der Waals surface area contributed by atoms with Gasteiger partial charge in [-0.25, -0.2) is 8.42 Å². The molecule has 0 saturated carbocycles. The standard InChI is InChI=1S/C23H23N3O5S2/c1-31-18-10-6-17(7-11-18)25-33(29,30)19-12-8-16(9-13-19)24-22(27)20-4-2-14-26(20)23(28)21-5-3-15-32-21/h3,5-13,15,20,25H,2,4,14H2,1H3,(H,24,27)/t20-/m0/s1. The summed E-state index contributed by atoms with van der Waals surface area (Å²) >= 11 is 1.35. The molecular formula is C23H23N3O5S2. The van der Waals surface area contributed by atoms with E-state index in [9.17, 15) is 18.0 Å². The fourth-order valence-electron chi connectivity index (χ4n) is 3.64. The summed E-state index contributed by atoms with van der Waals surface area (Å²) in [5, 5.41) is 4.63. The molecule has 3 aromatic rings. The molecule has 8 nitrogen and oxygen atoms in total. The number of amides is 2. The molecule has 1 fully saturated rings. The molecule has 1 aromatic heterocycles. The van der Waals surface area contributed by atoms with Crippen molar-refractivity contribution in [3.8, 4) is 5.75 Å². The lowest BCUT2D eigenvalue weighted by atomic mass is 10.2. The Morgan fingerprint density at radius 1 is 1.03 bits per heavy atom. The SMILES string of the molecule is COc1ccc(NS(=O)(=O)c2ccc(NC(=O)[C@@H]3CCCN3C(=O)c3cccs3)cc2)cc1. The van der Waals surface area contributed by atoms with Crippen LogP contribution in [0.25, 0.3) is 0 Å². The van der Waals surface area contributed by atoms with Crippen molar-refractivity contribution in [2.45, 2.75) is 23.8 Å². The molecular weight excluding hydrogens is 462 g/mol. The summed E-state index contributed by atoms with van der Waals surface area (Å²) in [6.45, 7) is 0.531. The minimum atomic E-state index is -3.79.